The predicted molar refractivity (Wildman–Crippen MR) is 93.4 cm³/mol. The van der Waals surface area contributed by atoms with Crippen molar-refractivity contribution in [1.29, 1.82) is 0 Å². The molecule has 0 saturated heterocycles. The van der Waals surface area contributed by atoms with Crippen LogP contribution in [-0.2, 0) is 18.1 Å². The number of hydrogen-bond acceptors (Lipinski definition) is 4. The second kappa shape index (κ2) is 7.85. The van der Waals surface area contributed by atoms with E-state index in [0.717, 1.165) is 11.1 Å². The Hall–Kier alpha value is -0.790. The molecule has 4 nitrogen and oxygen atoms in total. The van der Waals surface area contributed by atoms with E-state index in [0.29, 0.717) is 5.02 Å². The average Bonchev–Trinajstić information content (AvgIpc) is 2.41. The summed E-state index contributed by atoms with van der Waals surface area (Å²) in [7, 11) is 2.98. The molecule has 2 aromatic rings. The lowest BCUT2D eigenvalue weighted by molar-refractivity contribution is 0.608. The van der Waals surface area contributed by atoms with Gasteiger partial charge in [-0.05, 0) is 43.7 Å². The number of halogens is 3. The van der Waals surface area contributed by atoms with Crippen LogP contribution in [-0.4, -0.2) is 16.8 Å². The van der Waals surface area contributed by atoms with Crippen LogP contribution < -0.4 is 0 Å². The molecule has 0 heterocycles. The first kappa shape index (κ1) is 20.3. The lowest BCUT2D eigenvalue weighted by Gasteiger charge is -1.99. The fourth-order valence-electron chi connectivity index (χ4n) is 1.43. The quantitative estimate of drug-likeness (QED) is 0.677. The van der Waals surface area contributed by atoms with E-state index in [1.165, 1.54) is 24.3 Å². The van der Waals surface area contributed by atoms with Crippen LogP contribution in [0.5, 0.6) is 0 Å². The molecule has 23 heavy (non-hydrogen) atoms. The van der Waals surface area contributed by atoms with Crippen LogP contribution in [0.25, 0.3) is 0 Å². The predicted octanol–water partition coefficient (Wildman–Crippen LogP) is 4.50. The third-order valence-electron chi connectivity index (χ3n) is 2.73. The minimum absolute atomic E-state index is 0.0276. The van der Waals surface area contributed by atoms with Gasteiger partial charge < -0.3 is 0 Å². The van der Waals surface area contributed by atoms with Gasteiger partial charge >= 0.3 is 0 Å². The summed E-state index contributed by atoms with van der Waals surface area (Å²) in [5.74, 6) is 0. The lowest BCUT2D eigenvalue weighted by atomic mass is 10.2. The summed E-state index contributed by atoms with van der Waals surface area (Å²) >= 11 is 5.70. The molecule has 0 N–H and O–H groups in total. The Balaban J connectivity index is 0.000000231. The highest BCUT2D eigenvalue weighted by Gasteiger charge is 2.10. The monoisotopic (exact) mass is 414 g/mol. The van der Waals surface area contributed by atoms with Gasteiger partial charge in [-0.3, -0.25) is 0 Å². The van der Waals surface area contributed by atoms with Gasteiger partial charge in [0.1, 0.15) is 0 Å². The van der Waals surface area contributed by atoms with Crippen LogP contribution in [0.1, 0.15) is 11.1 Å². The van der Waals surface area contributed by atoms with E-state index >= 15 is 0 Å². The standard InChI is InChI=1S/C7H6Cl2O2S.C7H7ClO2S/c1-5-2-3-6(4-7(5)8)12(9,10)11;1-6-2-4-7(5-3-6)11(8,9)10/h2-4H,1H3;2-5H,1H3. The van der Waals surface area contributed by atoms with Crippen LogP contribution in [0.4, 0.5) is 0 Å². The largest absolute Gasteiger partial charge is 0.261 e. The SMILES string of the molecule is Cc1ccc(S(=O)(=O)Cl)cc1.Cc1ccc(S(=O)(=O)Cl)cc1Cl. The summed E-state index contributed by atoms with van der Waals surface area (Å²) in [6.45, 7) is 3.66. The van der Waals surface area contributed by atoms with E-state index in [1.807, 2.05) is 6.92 Å². The Kier molecular flexibility index (Phi) is 6.92. The second-order valence-electron chi connectivity index (χ2n) is 4.60. The molecule has 2 aromatic carbocycles. The number of aryl methyl sites for hydroxylation is 2. The van der Waals surface area contributed by atoms with Gasteiger partial charge in [-0.2, -0.15) is 0 Å². The summed E-state index contributed by atoms with van der Waals surface area (Å²) in [6, 6.07) is 10.7. The molecule has 126 valence electrons. The number of benzene rings is 2. The molecule has 0 fully saturated rings. The summed E-state index contributed by atoms with van der Waals surface area (Å²) in [5, 5.41) is 0.400. The molecule has 0 saturated carbocycles. The van der Waals surface area contributed by atoms with Crippen molar-refractivity contribution in [2.75, 3.05) is 0 Å². The Bertz CT molecular complexity index is 890. The molecule has 0 atom stereocenters. The molecule has 0 spiro atoms. The van der Waals surface area contributed by atoms with Crippen LogP contribution in [0.15, 0.2) is 52.3 Å². The number of rotatable bonds is 2. The van der Waals surface area contributed by atoms with E-state index in [1.54, 1.807) is 25.1 Å². The Morgan fingerprint density at radius 2 is 1.17 bits per heavy atom. The summed E-state index contributed by atoms with van der Waals surface area (Å²) in [4.78, 5) is 0.171. The van der Waals surface area contributed by atoms with Gasteiger partial charge in [-0.25, -0.2) is 16.8 Å². The third-order valence-corrected chi connectivity index (χ3v) is 5.86. The van der Waals surface area contributed by atoms with Crippen LogP contribution >= 0.6 is 33.0 Å². The van der Waals surface area contributed by atoms with Gasteiger partial charge in [-0.1, -0.05) is 35.4 Å². The smallest absolute Gasteiger partial charge is 0.207 e. The van der Waals surface area contributed by atoms with Crippen molar-refractivity contribution in [3.63, 3.8) is 0 Å². The normalized spacial score (nSPS) is 11.5. The van der Waals surface area contributed by atoms with Crippen molar-refractivity contribution >= 4 is 51.1 Å². The minimum Gasteiger partial charge on any atom is -0.207 e. The highest BCUT2D eigenvalue weighted by Crippen LogP contribution is 2.22. The van der Waals surface area contributed by atoms with Crippen molar-refractivity contribution in [3.8, 4) is 0 Å². The van der Waals surface area contributed by atoms with Crippen molar-refractivity contribution < 1.29 is 16.8 Å². The summed E-state index contributed by atoms with van der Waals surface area (Å²) < 4.78 is 43.0. The van der Waals surface area contributed by atoms with Crippen LogP contribution in [0.2, 0.25) is 5.02 Å². The summed E-state index contributed by atoms with van der Waals surface area (Å²) in [5.41, 5.74) is 1.83. The molecule has 9 heteroatoms. The van der Waals surface area contributed by atoms with Crippen molar-refractivity contribution in [2.24, 2.45) is 0 Å². The molecule has 0 aliphatic rings. The second-order valence-corrected chi connectivity index (χ2v) is 10.1. The molecule has 0 amide bonds. The van der Waals surface area contributed by atoms with E-state index in [2.05, 4.69) is 0 Å². The Morgan fingerprint density at radius 3 is 1.57 bits per heavy atom. The van der Waals surface area contributed by atoms with Crippen molar-refractivity contribution in [2.45, 2.75) is 23.6 Å². The van der Waals surface area contributed by atoms with Crippen LogP contribution in [0, 0.1) is 13.8 Å². The molecule has 0 aliphatic heterocycles. The molecule has 0 unspecified atom stereocenters. The van der Waals surface area contributed by atoms with Gasteiger partial charge in [-0.15, -0.1) is 0 Å². The first-order valence-corrected chi connectivity index (χ1v) is 11.1. The summed E-state index contributed by atoms with van der Waals surface area (Å²) in [6.07, 6.45) is 0. The van der Waals surface area contributed by atoms with Gasteiger partial charge in [0.05, 0.1) is 9.79 Å². The molecule has 0 aromatic heterocycles. The lowest BCUT2D eigenvalue weighted by Crippen LogP contribution is -1.90. The van der Waals surface area contributed by atoms with Gasteiger partial charge in [0.25, 0.3) is 18.1 Å². The molecule has 0 radical (unpaired) electrons. The minimum atomic E-state index is -3.65. The van der Waals surface area contributed by atoms with Gasteiger partial charge in [0.2, 0.25) is 0 Å². The maximum absolute atomic E-state index is 10.8. The zero-order valence-electron chi connectivity index (χ0n) is 12.1. The maximum atomic E-state index is 10.8. The van der Waals surface area contributed by atoms with Gasteiger partial charge in [0.15, 0.2) is 0 Å². The first-order chi connectivity index (χ1) is 10.4. The molecular weight excluding hydrogens is 403 g/mol. The average molecular weight is 416 g/mol. The highest BCUT2D eigenvalue weighted by atomic mass is 35.7. The maximum Gasteiger partial charge on any atom is 0.261 e. The molecule has 0 bridgehead atoms. The van der Waals surface area contributed by atoms with Gasteiger partial charge in [0, 0.05) is 26.4 Å². The first-order valence-electron chi connectivity index (χ1n) is 6.13. The van der Waals surface area contributed by atoms with E-state index in [9.17, 15) is 16.8 Å². The molecular formula is C14H13Cl3O4S2. The fourth-order valence-corrected chi connectivity index (χ4v) is 3.22. The highest BCUT2D eigenvalue weighted by molar-refractivity contribution is 8.14. The van der Waals surface area contributed by atoms with E-state index in [4.69, 9.17) is 33.0 Å². The third kappa shape index (κ3) is 6.69. The van der Waals surface area contributed by atoms with Crippen molar-refractivity contribution in [3.05, 3.63) is 58.6 Å². The Labute approximate surface area is 149 Å². The number of hydrogen-bond donors (Lipinski definition) is 0. The Morgan fingerprint density at radius 1 is 0.739 bits per heavy atom. The topological polar surface area (TPSA) is 68.3 Å². The zero-order valence-corrected chi connectivity index (χ0v) is 16.0. The zero-order chi connectivity index (χ0) is 17.8. The van der Waals surface area contributed by atoms with Crippen molar-refractivity contribution in [1.82, 2.24) is 0 Å². The van der Waals surface area contributed by atoms with Crippen LogP contribution in [0.3, 0.4) is 0 Å². The molecule has 2 rings (SSSR count). The molecule has 0 aliphatic carbocycles. The fraction of sp³-hybridized carbons (Fsp3) is 0.143. The van der Waals surface area contributed by atoms with E-state index in [-0.39, 0.29) is 9.79 Å². The van der Waals surface area contributed by atoms with E-state index < -0.39 is 18.1 Å².